The molecule has 0 aromatic heterocycles. The summed E-state index contributed by atoms with van der Waals surface area (Å²) >= 11 is 0. The molecular formula is C92H177N5O13. The molecule has 4 unspecified atom stereocenters. The lowest BCUT2D eigenvalue weighted by Crippen LogP contribution is -2.40. The van der Waals surface area contributed by atoms with Crippen LogP contribution in [0, 0.1) is 22.0 Å². The van der Waals surface area contributed by atoms with Crippen LogP contribution in [0.1, 0.15) is 405 Å². The molecule has 1 aromatic carbocycles. The predicted molar refractivity (Wildman–Crippen MR) is 461 cm³/mol. The lowest BCUT2D eigenvalue weighted by molar-refractivity contribution is -0.384. The number of aliphatic hydroxyl groups excluding tert-OH is 1. The van der Waals surface area contributed by atoms with Crippen molar-refractivity contribution in [2.75, 3.05) is 91.9 Å². The van der Waals surface area contributed by atoms with Gasteiger partial charge in [-0.3, -0.25) is 29.5 Å². The molecule has 1 aromatic rings. The fourth-order valence-electron chi connectivity index (χ4n) is 14.1. The minimum Gasteiger partial charge on any atom is -0.465 e. The number of hydrogen-bond donors (Lipinski definition) is 1. The third kappa shape index (κ3) is 68.3. The molecule has 0 fully saturated rings. The van der Waals surface area contributed by atoms with Crippen molar-refractivity contribution in [3.05, 3.63) is 34.4 Å². The average molecular weight is 1560 g/mol. The Bertz CT molecular complexity index is 2190. The second-order valence-corrected chi connectivity index (χ2v) is 31.9. The molecule has 1 rings (SSSR count). The molecule has 0 bridgehead atoms. The lowest BCUT2D eigenvalue weighted by Gasteiger charge is -2.29. The SMILES string of the molecule is CCCCCCCCC(CCCCCC)COC(=O)CCCCCCCCC(CCCCC)OC(=O)OCCN(CCN(CC)CC)C(C)C.CCCCCCCCC(CCCCCC)COC(=O)CCCCCCCCC(CCCCC)OC(=O)Oc1ccc([N+](=O)[O-])cc1.CCN(CC)CCN(CCO)C(C)C. The van der Waals surface area contributed by atoms with E-state index in [-0.39, 0.29) is 42.2 Å². The van der Waals surface area contributed by atoms with Gasteiger partial charge in [-0.05, 0) is 168 Å². The number of nitrogens with zero attached hydrogens (tertiary/aromatic N) is 5. The average Bonchev–Trinajstić information content (AvgIpc) is 0.886. The van der Waals surface area contributed by atoms with Gasteiger partial charge in [0.05, 0.1) is 24.7 Å². The maximum absolute atomic E-state index is 12.6. The van der Waals surface area contributed by atoms with Crippen molar-refractivity contribution in [3.8, 4) is 5.75 Å². The van der Waals surface area contributed by atoms with Crippen molar-refractivity contribution in [1.82, 2.24) is 19.6 Å². The Kier molecular flexibility index (Phi) is 78.6. The number of nitro groups is 1. The molecule has 0 heterocycles. The fraction of sp³-hybridized carbons (Fsp3) is 0.891. The summed E-state index contributed by atoms with van der Waals surface area (Å²) in [7, 11) is 0. The molecular weight excluding hydrogens is 1380 g/mol. The highest BCUT2D eigenvalue weighted by Gasteiger charge is 2.21. The number of ether oxygens (including phenoxy) is 6. The Balaban J connectivity index is 0. The first-order chi connectivity index (χ1) is 53.3. The number of carbonyl (C=O) groups is 4. The summed E-state index contributed by atoms with van der Waals surface area (Å²) in [6, 6.07) is 6.33. The molecule has 110 heavy (non-hydrogen) atoms. The molecule has 4 atom stereocenters. The van der Waals surface area contributed by atoms with Crippen molar-refractivity contribution >= 4 is 29.9 Å². The number of nitro benzene ring substituents is 1. The van der Waals surface area contributed by atoms with E-state index in [9.17, 15) is 29.3 Å². The summed E-state index contributed by atoms with van der Waals surface area (Å²) in [5.41, 5.74) is -0.0613. The number of unbranched alkanes of at least 4 members (excludes halogenated alkanes) is 30. The number of carbonyl (C=O) groups excluding carboxylic acids is 4. The van der Waals surface area contributed by atoms with E-state index in [1.54, 1.807) is 0 Å². The van der Waals surface area contributed by atoms with Gasteiger partial charge in [0.15, 0.2) is 0 Å². The number of likely N-dealkylation sites (N-methyl/N-ethyl adjacent to an activating group) is 2. The third-order valence-electron chi connectivity index (χ3n) is 21.8. The summed E-state index contributed by atoms with van der Waals surface area (Å²) in [4.78, 5) is 69.8. The Hall–Kier alpha value is -4.10. The molecule has 0 aliphatic heterocycles. The highest BCUT2D eigenvalue weighted by Crippen LogP contribution is 2.25. The maximum Gasteiger partial charge on any atom is 0.514 e. The zero-order valence-corrected chi connectivity index (χ0v) is 74.2. The Morgan fingerprint density at radius 2 is 0.673 bits per heavy atom. The Labute approximate surface area is 677 Å². The van der Waals surface area contributed by atoms with Crippen molar-refractivity contribution in [2.45, 2.75) is 429 Å². The molecule has 0 saturated carbocycles. The van der Waals surface area contributed by atoms with Gasteiger partial charge in [-0.25, -0.2) is 9.59 Å². The smallest absolute Gasteiger partial charge is 0.465 e. The topological polar surface area (TPSA) is 200 Å². The molecule has 1 N–H and O–H groups in total. The minimum absolute atomic E-state index is 0.0120. The quantitative estimate of drug-likeness (QED) is 0.0161. The highest BCUT2D eigenvalue weighted by atomic mass is 16.7. The van der Waals surface area contributed by atoms with Gasteiger partial charge >= 0.3 is 24.2 Å². The van der Waals surface area contributed by atoms with Crippen molar-refractivity contribution < 1.29 is 57.6 Å². The molecule has 0 spiro atoms. The van der Waals surface area contributed by atoms with Crippen molar-refractivity contribution in [3.63, 3.8) is 0 Å². The number of rotatable bonds is 75. The summed E-state index contributed by atoms with van der Waals surface area (Å²) in [5, 5.41) is 19.7. The van der Waals surface area contributed by atoms with Gasteiger partial charge in [0, 0.05) is 76.3 Å². The van der Waals surface area contributed by atoms with Crippen molar-refractivity contribution in [2.24, 2.45) is 11.8 Å². The second-order valence-electron chi connectivity index (χ2n) is 31.9. The monoisotopic (exact) mass is 1560 g/mol. The van der Waals surface area contributed by atoms with E-state index >= 15 is 0 Å². The van der Waals surface area contributed by atoms with E-state index in [1.165, 1.54) is 178 Å². The Morgan fingerprint density at radius 3 is 1.01 bits per heavy atom. The van der Waals surface area contributed by atoms with Crippen LogP contribution in [-0.4, -0.2) is 170 Å². The maximum atomic E-state index is 12.6. The third-order valence-corrected chi connectivity index (χ3v) is 21.8. The van der Waals surface area contributed by atoms with Crippen LogP contribution in [-0.2, 0) is 33.3 Å². The van der Waals surface area contributed by atoms with Crippen LogP contribution in [0.2, 0.25) is 0 Å². The van der Waals surface area contributed by atoms with E-state index in [4.69, 9.17) is 33.5 Å². The van der Waals surface area contributed by atoms with E-state index in [2.05, 4.69) is 117 Å². The number of hydrogen-bond acceptors (Lipinski definition) is 17. The van der Waals surface area contributed by atoms with Gasteiger partial charge < -0.3 is 43.3 Å². The standard InChI is InChI=1S/C43H86N2O5.C38H65NO7.C11H26N2O/c1-8-13-16-18-21-26-30-40(29-25-17-14-9-2)38-49-42(46)33-28-23-20-19-22-27-32-41(31-24-15-10-3)50-43(47)48-37-36-45(39(6)7)35-34-44(11-4)12-5;1-4-7-10-12-15-20-24-33(23-19-11-8-5-2)32-44-37(40)27-22-17-14-13-16-21-26-35(25-18-9-6-3)45-38(41)46-36-30-28-34(29-31-36)39(42)43;1-5-12(6-2)7-8-13(9-10-14)11(3)4/h39-41H,8-38H2,1-7H3;28-31,33,35H,4-27,32H2,1-3H3;11,14H,5-10H2,1-4H3. The number of non-ortho nitro benzene ring substituents is 1. The summed E-state index contributed by atoms with van der Waals surface area (Å²) < 4.78 is 33.7. The largest absolute Gasteiger partial charge is 0.514 e. The molecule has 0 amide bonds. The Morgan fingerprint density at radius 1 is 0.373 bits per heavy atom. The normalized spacial score (nSPS) is 12.6. The fourth-order valence-corrected chi connectivity index (χ4v) is 14.1. The van der Waals surface area contributed by atoms with Gasteiger partial charge in [0.2, 0.25) is 0 Å². The molecule has 648 valence electrons. The van der Waals surface area contributed by atoms with E-state index in [1.807, 2.05) is 0 Å². The van der Waals surface area contributed by atoms with Gasteiger partial charge in [0.1, 0.15) is 24.6 Å². The zero-order chi connectivity index (χ0) is 81.7. The molecule has 18 nitrogen and oxygen atoms in total. The zero-order valence-electron chi connectivity index (χ0n) is 74.2. The van der Waals surface area contributed by atoms with Crippen LogP contribution in [0.4, 0.5) is 15.3 Å². The molecule has 0 aliphatic carbocycles. The number of aliphatic hydroxyl groups is 1. The summed E-state index contributed by atoms with van der Waals surface area (Å²) in [5.74, 6) is 1.20. The summed E-state index contributed by atoms with van der Waals surface area (Å²) in [6.45, 7) is 42.7. The van der Waals surface area contributed by atoms with Crippen LogP contribution >= 0.6 is 0 Å². The molecule has 18 heteroatoms. The first-order valence-corrected chi connectivity index (χ1v) is 46.2. The number of esters is 2. The molecule has 0 aliphatic rings. The summed E-state index contributed by atoms with van der Waals surface area (Å²) in [6.07, 6.45) is 52.6. The van der Waals surface area contributed by atoms with Gasteiger partial charge in [0.25, 0.3) is 5.69 Å². The van der Waals surface area contributed by atoms with Crippen LogP contribution in [0.3, 0.4) is 0 Å². The number of benzene rings is 1. The lowest BCUT2D eigenvalue weighted by atomic mass is 9.95. The molecule has 0 radical (unpaired) electrons. The van der Waals surface area contributed by atoms with Gasteiger partial charge in [-0.15, -0.1) is 0 Å². The first kappa shape index (κ1) is 108. The van der Waals surface area contributed by atoms with Crippen LogP contribution in [0.5, 0.6) is 5.75 Å². The minimum atomic E-state index is -0.771. The highest BCUT2D eigenvalue weighted by molar-refractivity contribution is 5.69. The van der Waals surface area contributed by atoms with Crippen LogP contribution in [0.15, 0.2) is 24.3 Å². The first-order valence-electron chi connectivity index (χ1n) is 46.2. The van der Waals surface area contributed by atoms with Crippen LogP contribution < -0.4 is 4.74 Å². The van der Waals surface area contributed by atoms with Crippen molar-refractivity contribution in [1.29, 1.82) is 0 Å². The molecule has 0 saturated heterocycles. The van der Waals surface area contributed by atoms with Gasteiger partial charge in [-0.1, -0.05) is 275 Å². The second kappa shape index (κ2) is 80.1. The van der Waals surface area contributed by atoms with E-state index < -0.39 is 17.2 Å². The van der Waals surface area contributed by atoms with E-state index in [0.29, 0.717) is 56.6 Å². The van der Waals surface area contributed by atoms with Crippen LogP contribution in [0.25, 0.3) is 0 Å². The predicted octanol–water partition coefficient (Wildman–Crippen LogP) is 25.2. The van der Waals surface area contributed by atoms with Gasteiger partial charge in [-0.2, -0.15) is 0 Å². The van der Waals surface area contributed by atoms with E-state index in [0.717, 1.165) is 207 Å².